The Bertz CT molecular complexity index is 258. The quantitative estimate of drug-likeness (QED) is 0.485. The molecule has 0 amide bonds. The van der Waals surface area contributed by atoms with E-state index in [0.717, 1.165) is 39.3 Å². The van der Waals surface area contributed by atoms with Gasteiger partial charge in [-0.25, -0.2) is 0 Å². The molecule has 0 unspecified atom stereocenters. The van der Waals surface area contributed by atoms with Gasteiger partial charge in [-0.15, -0.1) is 0 Å². The Balaban J connectivity index is 6.54. The predicted octanol–water partition coefficient (Wildman–Crippen LogP) is 3.94. The van der Waals surface area contributed by atoms with Crippen molar-refractivity contribution in [2.24, 2.45) is 0 Å². The van der Waals surface area contributed by atoms with Crippen LogP contribution in [0.1, 0.15) is 69.2 Å². The summed E-state index contributed by atoms with van der Waals surface area (Å²) in [6, 6.07) is 1.15. The van der Waals surface area contributed by atoms with Gasteiger partial charge in [-0.05, 0) is 0 Å². The summed E-state index contributed by atoms with van der Waals surface area (Å²) in [6.45, 7) is 30.5. The van der Waals surface area contributed by atoms with Crippen LogP contribution in [0.3, 0.4) is 0 Å². The van der Waals surface area contributed by atoms with E-state index in [0.29, 0.717) is 12.1 Å². The fourth-order valence-electron chi connectivity index (χ4n) is 4.32. The van der Waals surface area contributed by atoms with Crippen molar-refractivity contribution in [1.82, 2.24) is 11.4 Å². The molecule has 0 saturated heterocycles. The van der Waals surface area contributed by atoms with Crippen LogP contribution in [0.15, 0.2) is 0 Å². The van der Waals surface area contributed by atoms with Gasteiger partial charge >= 0.3 is 153 Å². The van der Waals surface area contributed by atoms with Gasteiger partial charge < -0.3 is 0 Å². The molecule has 0 atom stereocenters. The molecule has 0 bridgehead atoms. The van der Waals surface area contributed by atoms with Crippen molar-refractivity contribution in [3.8, 4) is 0 Å². The van der Waals surface area contributed by atoms with E-state index in [1.807, 2.05) is 0 Å². The number of hydrogen-bond donors (Lipinski definition) is 0. The van der Waals surface area contributed by atoms with Crippen LogP contribution in [0.5, 0.6) is 0 Å². The van der Waals surface area contributed by atoms with E-state index in [-0.39, 0.29) is 0 Å². The van der Waals surface area contributed by atoms with Crippen LogP contribution in [0.25, 0.3) is 0 Å². The molecule has 4 nitrogen and oxygen atoms in total. The van der Waals surface area contributed by atoms with Gasteiger partial charge in [-0.1, -0.05) is 0 Å². The summed E-state index contributed by atoms with van der Waals surface area (Å²) in [5.41, 5.74) is 0. The third-order valence-corrected chi connectivity index (χ3v) is 20.2. The molecule has 0 saturated carbocycles. The van der Waals surface area contributed by atoms with E-state index < -0.39 is 21.4 Å². The van der Waals surface area contributed by atoms with Crippen molar-refractivity contribution in [2.45, 2.75) is 81.3 Å². The Hall–Kier alpha value is 0.723. The normalized spacial score (nSPS) is 13.6. The van der Waals surface area contributed by atoms with E-state index in [4.69, 9.17) is 0 Å². The number of rotatable bonds is 12. The summed E-state index contributed by atoms with van der Waals surface area (Å²) < 4.78 is 11.5. The first kappa shape index (κ1) is 23.7. The zero-order chi connectivity index (χ0) is 18.2. The van der Waals surface area contributed by atoms with Crippen LogP contribution >= 0.6 is 0 Å². The molecule has 0 aliphatic carbocycles. The maximum atomic E-state index is 2.92. The van der Waals surface area contributed by atoms with Crippen LogP contribution in [-0.4, -0.2) is 62.7 Å². The Labute approximate surface area is 153 Å². The van der Waals surface area contributed by atoms with E-state index >= 15 is 0 Å². The minimum absolute atomic E-state index is 0.576. The Morgan fingerprint density at radius 3 is 0.870 bits per heavy atom. The first-order valence-electron chi connectivity index (χ1n) is 9.86. The molecule has 23 heavy (non-hydrogen) atoms. The molecular formula is C18H44N4Zr. The summed E-state index contributed by atoms with van der Waals surface area (Å²) in [5.74, 6) is 0. The van der Waals surface area contributed by atoms with Crippen LogP contribution in [0, 0.1) is 0 Å². The van der Waals surface area contributed by atoms with Gasteiger partial charge in [-0.3, -0.25) is 0 Å². The van der Waals surface area contributed by atoms with E-state index in [1.54, 1.807) is 0 Å². The molecule has 5 heteroatoms. The number of hydrogen-bond acceptors (Lipinski definition) is 4. The Morgan fingerprint density at radius 1 is 0.522 bits per heavy atom. The molecule has 0 N–H and O–H groups in total. The van der Waals surface area contributed by atoms with Crippen molar-refractivity contribution >= 4 is 0 Å². The average Bonchev–Trinajstić information content (AvgIpc) is 2.49. The van der Waals surface area contributed by atoms with Gasteiger partial charge in [0, 0.05) is 0 Å². The van der Waals surface area contributed by atoms with Crippen LogP contribution < -0.4 is 0 Å². The zero-order valence-corrected chi connectivity index (χ0v) is 20.1. The molecule has 140 valence electrons. The first-order valence-corrected chi connectivity index (χ1v) is 14.3. The Morgan fingerprint density at radius 2 is 0.739 bits per heavy atom. The van der Waals surface area contributed by atoms with Crippen molar-refractivity contribution in [3.05, 3.63) is 0 Å². The van der Waals surface area contributed by atoms with Gasteiger partial charge in [0.2, 0.25) is 0 Å². The molecule has 0 rings (SSSR count). The standard InChI is InChI=1S/C6H14N.3C4H10N.Zr/c1-5(2)7-6(3)4;3*1-3-5-4-2;/h5-6H,1-4H3;3*3-4H2,1-2H3;/q4*-1;+4. The van der Waals surface area contributed by atoms with Gasteiger partial charge in [0.25, 0.3) is 0 Å². The van der Waals surface area contributed by atoms with Crippen molar-refractivity contribution < 1.29 is 21.4 Å². The second-order valence-electron chi connectivity index (χ2n) is 6.71. The second kappa shape index (κ2) is 11.4. The molecular weight excluding hydrogens is 363 g/mol. The second-order valence-corrected chi connectivity index (χ2v) is 15.6. The molecule has 0 aromatic rings. The average molecular weight is 408 g/mol. The maximum absolute atomic E-state index is 3.11. The third-order valence-electron chi connectivity index (χ3n) is 5.02. The summed E-state index contributed by atoms with van der Waals surface area (Å²) >= 11 is -3.11. The van der Waals surface area contributed by atoms with Crippen LogP contribution in [0.2, 0.25) is 0 Å². The van der Waals surface area contributed by atoms with Gasteiger partial charge in [0.1, 0.15) is 0 Å². The van der Waals surface area contributed by atoms with Crippen molar-refractivity contribution in [1.29, 1.82) is 0 Å². The topological polar surface area (TPSA) is 13.0 Å². The van der Waals surface area contributed by atoms with Gasteiger partial charge in [0.05, 0.1) is 0 Å². The SMILES string of the molecule is CC[N](CC)[Zr]([N](CC)CC)([N](CC)CC)[N](C(C)C)C(C)C. The molecule has 0 aromatic carbocycles. The first-order chi connectivity index (χ1) is 10.8. The summed E-state index contributed by atoms with van der Waals surface area (Å²) in [7, 11) is 0. The summed E-state index contributed by atoms with van der Waals surface area (Å²) in [5, 5.41) is 0. The monoisotopic (exact) mass is 406 g/mol. The third kappa shape index (κ3) is 4.88. The van der Waals surface area contributed by atoms with Crippen molar-refractivity contribution in [2.75, 3.05) is 39.3 Å². The van der Waals surface area contributed by atoms with E-state index in [2.05, 4.69) is 80.6 Å². The van der Waals surface area contributed by atoms with E-state index in [9.17, 15) is 0 Å². The fraction of sp³-hybridized carbons (Fsp3) is 1.00. The molecule has 0 spiro atoms. The molecule has 0 aromatic heterocycles. The summed E-state index contributed by atoms with van der Waals surface area (Å²) in [4.78, 5) is 0. The zero-order valence-electron chi connectivity index (χ0n) is 17.7. The minimum atomic E-state index is -3.11. The van der Waals surface area contributed by atoms with Crippen LogP contribution in [-0.2, 0) is 21.4 Å². The Kier molecular flexibility index (Phi) is 11.7. The molecule has 0 heterocycles. The number of nitrogens with zero attached hydrogens (tertiary/aromatic N) is 4. The van der Waals surface area contributed by atoms with Crippen molar-refractivity contribution in [3.63, 3.8) is 0 Å². The van der Waals surface area contributed by atoms with Gasteiger partial charge in [-0.2, -0.15) is 0 Å². The van der Waals surface area contributed by atoms with Crippen LogP contribution in [0.4, 0.5) is 0 Å². The predicted molar refractivity (Wildman–Crippen MR) is 101 cm³/mol. The molecule has 0 radical (unpaired) electrons. The molecule has 0 fully saturated rings. The molecule has 0 aliphatic rings. The summed E-state index contributed by atoms with van der Waals surface area (Å²) in [6.07, 6.45) is 0. The fourth-order valence-corrected chi connectivity index (χ4v) is 19.3. The van der Waals surface area contributed by atoms with Gasteiger partial charge in [0.15, 0.2) is 0 Å². The van der Waals surface area contributed by atoms with E-state index in [1.165, 1.54) is 0 Å². The molecule has 0 aliphatic heterocycles.